The van der Waals surface area contributed by atoms with E-state index in [1.807, 2.05) is 24.3 Å². The molecule has 0 unspecified atom stereocenters. The first-order chi connectivity index (χ1) is 8.74. The fourth-order valence-electron chi connectivity index (χ4n) is 1.96. The minimum atomic E-state index is -0.362. The molecule has 0 saturated carbocycles. The average Bonchev–Trinajstić information content (AvgIpc) is 2.66. The molecule has 0 atom stereocenters. The van der Waals surface area contributed by atoms with E-state index < -0.39 is 0 Å². The lowest BCUT2D eigenvalue weighted by Crippen LogP contribution is -2.00. The highest BCUT2D eigenvalue weighted by Gasteiger charge is 2.25. The lowest BCUT2D eigenvalue weighted by Gasteiger charge is -1.97. The maximum atomic E-state index is 11.8. The molecule has 3 nitrogen and oxygen atoms in total. The highest BCUT2D eigenvalue weighted by Crippen LogP contribution is 2.35. The van der Waals surface area contributed by atoms with Crippen LogP contribution in [0.25, 0.3) is 11.6 Å². The number of aromatic hydroxyl groups is 1. The Morgan fingerprint density at radius 3 is 2.72 bits per heavy atom. The van der Waals surface area contributed by atoms with E-state index >= 15 is 0 Å². The Balaban J connectivity index is 2.10. The molecule has 3 rings (SSSR count). The number of esters is 1. The van der Waals surface area contributed by atoms with Crippen LogP contribution in [-0.4, -0.2) is 11.1 Å². The fourth-order valence-corrected chi connectivity index (χ4v) is 1.96. The molecule has 3 heteroatoms. The van der Waals surface area contributed by atoms with Gasteiger partial charge in [-0.3, -0.25) is 0 Å². The van der Waals surface area contributed by atoms with E-state index in [0.717, 1.165) is 11.1 Å². The zero-order chi connectivity index (χ0) is 12.5. The summed E-state index contributed by atoms with van der Waals surface area (Å²) in [6, 6.07) is 14.0. The Morgan fingerprint density at radius 2 is 1.89 bits per heavy atom. The number of phenols is 1. The van der Waals surface area contributed by atoms with Crippen molar-refractivity contribution in [1.29, 1.82) is 0 Å². The number of rotatable bonds is 1. The second-order valence-corrected chi connectivity index (χ2v) is 4.04. The third-order valence-corrected chi connectivity index (χ3v) is 2.78. The van der Waals surface area contributed by atoms with Gasteiger partial charge in [-0.1, -0.05) is 30.3 Å². The van der Waals surface area contributed by atoms with Gasteiger partial charge in [-0.25, -0.2) is 4.79 Å². The number of hydrogen-bond donors (Lipinski definition) is 1. The van der Waals surface area contributed by atoms with Crippen molar-refractivity contribution >= 4 is 17.6 Å². The summed E-state index contributed by atoms with van der Waals surface area (Å²) in [6.45, 7) is 0. The van der Waals surface area contributed by atoms with Crippen molar-refractivity contribution in [1.82, 2.24) is 0 Å². The molecule has 0 amide bonds. The SMILES string of the molecule is O=C1Oc2ccccc2/C1=C\c1cccc(O)c1. The summed E-state index contributed by atoms with van der Waals surface area (Å²) < 4.78 is 5.15. The van der Waals surface area contributed by atoms with Crippen LogP contribution in [0.1, 0.15) is 11.1 Å². The second-order valence-electron chi connectivity index (χ2n) is 4.04. The summed E-state index contributed by atoms with van der Waals surface area (Å²) >= 11 is 0. The lowest BCUT2D eigenvalue weighted by atomic mass is 10.0. The molecular formula is C15H10O3. The molecule has 2 aromatic rings. The molecule has 1 N–H and O–H groups in total. The van der Waals surface area contributed by atoms with Gasteiger partial charge in [0.05, 0.1) is 5.57 Å². The van der Waals surface area contributed by atoms with E-state index in [9.17, 15) is 9.90 Å². The van der Waals surface area contributed by atoms with Gasteiger partial charge >= 0.3 is 5.97 Å². The Hall–Kier alpha value is -2.55. The maximum Gasteiger partial charge on any atom is 0.344 e. The Labute approximate surface area is 104 Å². The highest BCUT2D eigenvalue weighted by atomic mass is 16.5. The van der Waals surface area contributed by atoms with Crippen molar-refractivity contribution in [3.05, 3.63) is 59.7 Å². The predicted molar refractivity (Wildman–Crippen MR) is 68.1 cm³/mol. The zero-order valence-electron chi connectivity index (χ0n) is 9.46. The molecule has 0 saturated heterocycles. The van der Waals surface area contributed by atoms with Crippen LogP contribution in [0.2, 0.25) is 0 Å². The first kappa shape index (κ1) is 10.6. The molecule has 1 heterocycles. The smallest absolute Gasteiger partial charge is 0.344 e. The van der Waals surface area contributed by atoms with Crippen molar-refractivity contribution in [3.8, 4) is 11.5 Å². The number of phenolic OH excluding ortho intramolecular Hbond substituents is 1. The highest BCUT2D eigenvalue weighted by molar-refractivity contribution is 6.25. The van der Waals surface area contributed by atoms with Crippen molar-refractivity contribution in [3.63, 3.8) is 0 Å². The normalized spacial score (nSPS) is 15.6. The number of carbonyl (C=O) groups is 1. The monoisotopic (exact) mass is 238 g/mol. The van der Waals surface area contributed by atoms with E-state index in [4.69, 9.17) is 4.74 Å². The van der Waals surface area contributed by atoms with Crippen molar-refractivity contribution in [2.24, 2.45) is 0 Å². The van der Waals surface area contributed by atoms with Crippen molar-refractivity contribution in [2.45, 2.75) is 0 Å². The zero-order valence-corrected chi connectivity index (χ0v) is 9.46. The van der Waals surface area contributed by atoms with Gasteiger partial charge in [0.2, 0.25) is 0 Å². The summed E-state index contributed by atoms with van der Waals surface area (Å²) in [6.07, 6.45) is 1.72. The standard InChI is InChI=1S/C15H10O3/c16-11-5-3-4-10(8-11)9-13-12-6-1-2-7-14(12)18-15(13)17/h1-9,16H/b13-9+. The molecule has 0 spiro atoms. The summed E-state index contributed by atoms with van der Waals surface area (Å²) in [5.41, 5.74) is 2.06. The molecular weight excluding hydrogens is 228 g/mol. The van der Waals surface area contributed by atoms with Gasteiger partial charge in [0.25, 0.3) is 0 Å². The number of carbonyl (C=O) groups excluding carboxylic acids is 1. The van der Waals surface area contributed by atoms with E-state index in [0.29, 0.717) is 11.3 Å². The van der Waals surface area contributed by atoms with Gasteiger partial charge in [0.15, 0.2) is 0 Å². The van der Waals surface area contributed by atoms with Crippen LogP contribution >= 0.6 is 0 Å². The maximum absolute atomic E-state index is 11.8. The van der Waals surface area contributed by atoms with Gasteiger partial charge in [0, 0.05) is 5.56 Å². The molecule has 0 aromatic heterocycles. The van der Waals surface area contributed by atoms with Crippen LogP contribution in [0, 0.1) is 0 Å². The first-order valence-corrected chi connectivity index (χ1v) is 5.56. The lowest BCUT2D eigenvalue weighted by molar-refractivity contribution is -0.126. The molecule has 2 aromatic carbocycles. The van der Waals surface area contributed by atoms with Crippen LogP contribution in [0.3, 0.4) is 0 Å². The molecule has 0 bridgehead atoms. The summed E-state index contributed by atoms with van der Waals surface area (Å²) in [4.78, 5) is 11.8. The molecule has 1 aliphatic rings. The third kappa shape index (κ3) is 1.76. The largest absolute Gasteiger partial charge is 0.508 e. The number of para-hydroxylation sites is 1. The van der Waals surface area contributed by atoms with Crippen LogP contribution in [0.5, 0.6) is 11.5 Å². The van der Waals surface area contributed by atoms with Crippen LogP contribution in [-0.2, 0) is 4.79 Å². The molecule has 1 aliphatic heterocycles. The van der Waals surface area contributed by atoms with Crippen LogP contribution in [0.4, 0.5) is 0 Å². The number of hydrogen-bond acceptors (Lipinski definition) is 3. The molecule has 88 valence electrons. The van der Waals surface area contributed by atoms with Crippen molar-refractivity contribution < 1.29 is 14.6 Å². The minimum Gasteiger partial charge on any atom is -0.508 e. The molecule has 0 aliphatic carbocycles. The quantitative estimate of drug-likeness (QED) is 0.472. The number of ether oxygens (including phenoxy) is 1. The Morgan fingerprint density at radius 1 is 1.06 bits per heavy atom. The van der Waals surface area contributed by atoms with E-state index in [1.165, 1.54) is 0 Å². The Kier molecular flexibility index (Phi) is 2.38. The van der Waals surface area contributed by atoms with Crippen LogP contribution in [0.15, 0.2) is 48.5 Å². The fraction of sp³-hybridized carbons (Fsp3) is 0. The third-order valence-electron chi connectivity index (χ3n) is 2.78. The van der Waals surface area contributed by atoms with Gasteiger partial charge in [-0.05, 0) is 29.8 Å². The van der Waals surface area contributed by atoms with E-state index in [1.54, 1.807) is 30.3 Å². The van der Waals surface area contributed by atoms with E-state index in [-0.39, 0.29) is 11.7 Å². The second kappa shape index (κ2) is 4.04. The van der Waals surface area contributed by atoms with Crippen molar-refractivity contribution in [2.75, 3.05) is 0 Å². The van der Waals surface area contributed by atoms with E-state index in [2.05, 4.69) is 0 Å². The topological polar surface area (TPSA) is 46.5 Å². The van der Waals surface area contributed by atoms with Gasteiger partial charge in [0.1, 0.15) is 11.5 Å². The Bertz CT molecular complexity index is 656. The summed E-state index contributed by atoms with van der Waals surface area (Å²) in [5.74, 6) is 0.387. The summed E-state index contributed by atoms with van der Waals surface area (Å²) in [5, 5.41) is 9.40. The average molecular weight is 238 g/mol. The van der Waals surface area contributed by atoms with Crippen LogP contribution < -0.4 is 4.74 Å². The summed E-state index contributed by atoms with van der Waals surface area (Å²) in [7, 11) is 0. The molecule has 0 fully saturated rings. The first-order valence-electron chi connectivity index (χ1n) is 5.56. The minimum absolute atomic E-state index is 0.170. The molecule has 18 heavy (non-hydrogen) atoms. The van der Waals surface area contributed by atoms with Gasteiger partial charge < -0.3 is 9.84 Å². The van der Waals surface area contributed by atoms with Gasteiger partial charge in [-0.15, -0.1) is 0 Å². The number of fused-ring (bicyclic) bond motifs is 1. The van der Waals surface area contributed by atoms with Gasteiger partial charge in [-0.2, -0.15) is 0 Å². The number of benzene rings is 2. The predicted octanol–water partition coefficient (Wildman–Crippen LogP) is 2.85. The molecule has 0 radical (unpaired) electrons.